The summed E-state index contributed by atoms with van der Waals surface area (Å²) in [4.78, 5) is 16.5. The van der Waals surface area contributed by atoms with Gasteiger partial charge >= 0.3 is 0 Å². The number of ether oxygens (including phenoxy) is 2. The Morgan fingerprint density at radius 2 is 1.85 bits per heavy atom. The minimum absolute atomic E-state index is 0.105. The molecule has 2 aromatic carbocycles. The zero-order chi connectivity index (χ0) is 23.8. The van der Waals surface area contributed by atoms with E-state index >= 15 is 0 Å². The van der Waals surface area contributed by atoms with E-state index in [0.717, 1.165) is 11.3 Å². The second-order valence-electron chi connectivity index (χ2n) is 6.90. The Balaban J connectivity index is 1.47. The lowest BCUT2D eigenvalue weighted by Crippen LogP contribution is -2.20. The van der Waals surface area contributed by atoms with E-state index in [-0.39, 0.29) is 11.7 Å². The quantitative estimate of drug-likeness (QED) is 0.225. The van der Waals surface area contributed by atoms with Crippen LogP contribution in [0.4, 0.5) is 0 Å². The SMILES string of the molecule is COc1ccc(OC)c(/C=N\NC(=O)CSc2nnc(-c3ccncc3)n2-c2ccccc2)c1. The molecule has 0 unspecified atom stereocenters. The highest BCUT2D eigenvalue weighted by atomic mass is 32.2. The highest BCUT2D eigenvalue weighted by Crippen LogP contribution is 2.27. The Hall–Kier alpha value is -4.18. The third kappa shape index (κ3) is 5.41. The zero-order valence-electron chi connectivity index (χ0n) is 18.6. The first kappa shape index (κ1) is 23.0. The van der Waals surface area contributed by atoms with Crippen LogP contribution in [0, 0.1) is 0 Å². The number of hydrogen-bond donors (Lipinski definition) is 1. The van der Waals surface area contributed by atoms with Crippen LogP contribution in [0.3, 0.4) is 0 Å². The number of para-hydroxylation sites is 1. The Morgan fingerprint density at radius 3 is 2.59 bits per heavy atom. The van der Waals surface area contributed by atoms with Crippen molar-refractivity contribution in [2.45, 2.75) is 5.16 Å². The summed E-state index contributed by atoms with van der Waals surface area (Å²) in [5.74, 6) is 1.77. The lowest BCUT2D eigenvalue weighted by Gasteiger charge is -2.10. The molecule has 1 N–H and O–H groups in total. The smallest absolute Gasteiger partial charge is 0.250 e. The van der Waals surface area contributed by atoms with Gasteiger partial charge in [-0.25, -0.2) is 5.43 Å². The molecule has 0 saturated heterocycles. The predicted molar refractivity (Wildman–Crippen MR) is 131 cm³/mol. The average Bonchev–Trinajstić information content (AvgIpc) is 3.32. The minimum atomic E-state index is -0.281. The fourth-order valence-corrected chi connectivity index (χ4v) is 3.88. The molecule has 0 fully saturated rings. The second kappa shape index (κ2) is 11.1. The minimum Gasteiger partial charge on any atom is -0.497 e. The van der Waals surface area contributed by atoms with Gasteiger partial charge in [0, 0.05) is 29.2 Å². The number of benzene rings is 2. The van der Waals surface area contributed by atoms with Gasteiger partial charge in [0.2, 0.25) is 0 Å². The highest BCUT2D eigenvalue weighted by Gasteiger charge is 2.17. The normalized spacial score (nSPS) is 10.9. The molecule has 4 rings (SSSR count). The van der Waals surface area contributed by atoms with Crippen molar-refractivity contribution in [2.75, 3.05) is 20.0 Å². The van der Waals surface area contributed by atoms with Gasteiger partial charge in [0.05, 0.1) is 26.2 Å². The van der Waals surface area contributed by atoms with Crippen LogP contribution in [-0.4, -0.2) is 51.8 Å². The van der Waals surface area contributed by atoms with Crippen molar-refractivity contribution in [1.29, 1.82) is 0 Å². The number of pyridine rings is 1. The van der Waals surface area contributed by atoms with Crippen molar-refractivity contribution < 1.29 is 14.3 Å². The van der Waals surface area contributed by atoms with Gasteiger partial charge in [-0.05, 0) is 42.5 Å². The van der Waals surface area contributed by atoms with Crippen LogP contribution in [0.15, 0.2) is 83.3 Å². The number of nitrogens with one attached hydrogen (secondary N) is 1. The van der Waals surface area contributed by atoms with Crippen molar-refractivity contribution >= 4 is 23.9 Å². The molecule has 4 aromatic rings. The van der Waals surface area contributed by atoms with Gasteiger partial charge in [0.1, 0.15) is 11.5 Å². The van der Waals surface area contributed by atoms with Gasteiger partial charge in [-0.1, -0.05) is 30.0 Å². The van der Waals surface area contributed by atoms with Crippen LogP contribution in [0.5, 0.6) is 11.5 Å². The molecule has 0 radical (unpaired) electrons. The highest BCUT2D eigenvalue weighted by molar-refractivity contribution is 7.99. The maximum atomic E-state index is 12.4. The van der Waals surface area contributed by atoms with Crippen LogP contribution in [0.25, 0.3) is 17.1 Å². The largest absolute Gasteiger partial charge is 0.497 e. The van der Waals surface area contributed by atoms with Crippen molar-refractivity contribution in [2.24, 2.45) is 5.10 Å². The molecule has 0 saturated carbocycles. The van der Waals surface area contributed by atoms with Crippen molar-refractivity contribution in [3.8, 4) is 28.6 Å². The first-order chi connectivity index (χ1) is 16.7. The molecule has 0 atom stereocenters. The van der Waals surface area contributed by atoms with Crippen LogP contribution in [0.2, 0.25) is 0 Å². The molecule has 9 nitrogen and oxygen atoms in total. The molecule has 2 heterocycles. The number of carbonyl (C=O) groups excluding carboxylic acids is 1. The van der Waals surface area contributed by atoms with Crippen LogP contribution >= 0.6 is 11.8 Å². The maximum Gasteiger partial charge on any atom is 0.250 e. The Bertz CT molecular complexity index is 1280. The molecule has 1 amide bonds. The number of carbonyl (C=O) groups is 1. The van der Waals surface area contributed by atoms with Gasteiger partial charge in [-0.3, -0.25) is 14.3 Å². The summed E-state index contributed by atoms with van der Waals surface area (Å²) in [6.07, 6.45) is 4.92. The first-order valence-electron chi connectivity index (χ1n) is 10.3. The predicted octanol–water partition coefficient (Wildman–Crippen LogP) is 3.59. The van der Waals surface area contributed by atoms with Gasteiger partial charge in [0.25, 0.3) is 5.91 Å². The van der Waals surface area contributed by atoms with Crippen LogP contribution < -0.4 is 14.9 Å². The third-order valence-corrected chi connectivity index (χ3v) is 5.68. The summed E-state index contributed by atoms with van der Waals surface area (Å²) in [5.41, 5.74) is 4.99. The number of nitrogens with zero attached hydrogens (tertiary/aromatic N) is 5. The van der Waals surface area contributed by atoms with E-state index in [0.29, 0.717) is 28.0 Å². The standard InChI is InChI=1S/C24H22N6O3S/c1-32-20-8-9-21(33-2)18(14-20)15-26-27-22(31)16-34-24-29-28-23(17-10-12-25-13-11-17)30(24)19-6-4-3-5-7-19/h3-15H,16H2,1-2H3,(H,27,31)/b26-15-. The number of thioether (sulfide) groups is 1. The third-order valence-electron chi connectivity index (χ3n) is 4.75. The molecule has 0 aliphatic heterocycles. The lowest BCUT2D eigenvalue weighted by atomic mass is 10.2. The van der Waals surface area contributed by atoms with Crippen LogP contribution in [-0.2, 0) is 4.79 Å². The second-order valence-corrected chi connectivity index (χ2v) is 7.85. The fourth-order valence-electron chi connectivity index (χ4n) is 3.14. The van der Waals surface area contributed by atoms with E-state index in [9.17, 15) is 4.79 Å². The lowest BCUT2D eigenvalue weighted by molar-refractivity contribution is -0.118. The van der Waals surface area contributed by atoms with Crippen molar-refractivity contribution in [3.63, 3.8) is 0 Å². The summed E-state index contributed by atoms with van der Waals surface area (Å²) in [6.45, 7) is 0. The molecular formula is C24H22N6O3S. The number of amides is 1. The van der Waals surface area contributed by atoms with Gasteiger partial charge < -0.3 is 9.47 Å². The molecular weight excluding hydrogens is 452 g/mol. The molecule has 34 heavy (non-hydrogen) atoms. The van der Waals surface area contributed by atoms with E-state index in [1.807, 2.05) is 47.0 Å². The van der Waals surface area contributed by atoms with E-state index in [1.165, 1.54) is 18.0 Å². The number of aromatic nitrogens is 4. The Labute approximate surface area is 200 Å². The van der Waals surface area contributed by atoms with Gasteiger partial charge in [0.15, 0.2) is 11.0 Å². The number of hydrazone groups is 1. The van der Waals surface area contributed by atoms with E-state index < -0.39 is 0 Å². The fraction of sp³-hybridized carbons (Fsp3) is 0.125. The van der Waals surface area contributed by atoms with Gasteiger partial charge in [-0.2, -0.15) is 5.10 Å². The molecule has 0 aliphatic carbocycles. The summed E-state index contributed by atoms with van der Waals surface area (Å²) in [5, 5.41) is 13.3. The summed E-state index contributed by atoms with van der Waals surface area (Å²) >= 11 is 1.27. The Morgan fingerprint density at radius 1 is 1.06 bits per heavy atom. The topological polar surface area (TPSA) is 104 Å². The zero-order valence-corrected chi connectivity index (χ0v) is 19.4. The molecule has 2 aromatic heterocycles. The van der Waals surface area contributed by atoms with Crippen molar-refractivity contribution in [1.82, 2.24) is 25.2 Å². The first-order valence-corrected chi connectivity index (χ1v) is 11.3. The van der Waals surface area contributed by atoms with Crippen molar-refractivity contribution in [3.05, 3.63) is 78.6 Å². The number of methoxy groups -OCH3 is 2. The van der Waals surface area contributed by atoms with Gasteiger partial charge in [-0.15, -0.1) is 10.2 Å². The average molecular weight is 475 g/mol. The van der Waals surface area contributed by atoms with Crippen LogP contribution in [0.1, 0.15) is 5.56 Å². The number of rotatable bonds is 9. The molecule has 172 valence electrons. The van der Waals surface area contributed by atoms with E-state index in [2.05, 4.69) is 25.7 Å². The summed E-state index contributed by atoms with van der Waals surface area (Å²) < 4.78 is 12.5. The monoisotopic (exact) mass is 474 g/mol. The molecule has 0 aliphatic rings. The summed E-state index contributed by atoms with van der Waals surface area (Å²) in [6, 6.07) is 18.8. The maximum absolute atomic E-state index is 12.4. The molecule has 10 heteroatoms. The Kier molecular flexibility index (Phi) is 7.51. The van der Waals surface area contributed by atoms with E-state index in [4.69, 9.17) is 9.47 Å². The number of hydrogen-bond acceptors (Lipinski definition) is 8. The van der Waals surface area contributed by atoms with E-state index in [1.54, 1.807) is 44.8 Å². The molecule has 0 spiro atoms. The molecule has 0 bridgehead atoms. The summed E-state index contributed by atoms with van der Waals surface area (Å²) in [7, 11) is 3.15.